The number of pyridine rings is 1. The Hall–Kier alpha value is -1.62. The number of halogens is 1. The number of Topliss-reactive ketones (excluding diaryl/α,β-unsaturated/α-hetero) is 1. The predicted octanol–water partition coefficient (Wildman–Crippen LogP) is 2.67. The maximum Gasteiger partial charge on any atom is 0.411 e. The maximum absolute atomic E-state index is 11.9. The number of nitrogens with zero attached hydrogens (tertiary/aromatic N) is 2. The molecular weight excluding hydrogens is 268 g/mol. The first kappa shape index (κ1) is 13.8. The minimum atomic E-state index is -0.585. The Labute approximate surface area is 116 Å². The first-order valence-electron chi connectivity index (χ1n) is 5.93. The summed E-state index contributed by atoms with van der Waals surface area (Å²) in [5.41, 5.74) is 0.442. The molecule has 0 atom stereocenters. The highest BCUT2D eigenvalue weighted by atomic mass is 35.5. The van der Waals surface area contributed by atoms with Crippen molar-refractivity contribution in [3.63, 3.8) is 0 Å². The van der Waals surface area contributed by atoms with Gasteiger partial charge in [-0.2, -0.15) is 0 Å². The zero-order valence-electron chi connectivity index (χ0n) is 11.1. The van der Waals surface area contributed by atoms with E-state index in [1.54, 1.807) is 32.9 Å². The van der Waals surface area contributed by atoms with Crippen molar-refractivity contribution < 1.29 is 14.3 Å². The quantitative estimate of drug-likeness (QED) is 0.687. The van der Waals surface area contributed by atoms with Gasteiger partial charge in [0.2, 0.25) is 5.78 Å². The number of ether oxygens (including phenoxy) is 1. The Bertz CT molecular complexity index is 537. The molecule has 0 spiro atoms. The summed E-state index contributed by atoms with van der Waals surface area (Å²) in [7, 11) is 0. The Morgan fingerprint density at radius 1 is 1.37 bits per heavy atom. The number of hydrogen-bond acceptors (Lipinski definition) is 4. The summed E-state index contributed by atoms with van der Waals surface area (Å²) in [6, 6.07) is 3.31. The molecule has 102 valence electrons. The summed E-state index contributed by atoms with van der Waals surface area (Å²) in [5, 5.41) is 0.276. The predicted molar refractivity (Wildman–Crippen MR) is 70.2 cm³/mol. The molecule has 0 fully saturated rings. The van der Waals surface area contributed by atoms with Gasteiger partial charge in [0.05, 0.1) is 13.1 Å². The van der Waals surface area contributed by atoms with E-state index in [9.17, 15) is 9.59 Å². The lowest BCUT2D eigenvalue weighted by molar-refractivity contribution is 0.0219. The van der Waals surface area contributed by atoms with Gasteiger partial charge in [-0.15, -0.1) is 0 Å². The largest absolute Gasteiger partial charge is 0.444 e. The van der Waals surface area contributed by atoms with Gasteiger partial charge in [-0.25, -0.2) is 9.78 Å². The fourth-order valence-electron chi connectivity index (χ4n) is 1.80. The van der Waals surface area contributed by atoms with Gasteiger partial charge in [0.1, 0.15) is 16.4 Å². The number of rotatable bonds is 0. The van der Waals surface area contributed by atoms with Gasteiger partial charge < -0.3 is 4.74 Å². The van der Waals surface area contributed by atoms with E-state index in [-0.39, 0.29) is 17.5 Å². The minimum Gasteiger partial charge on any atom is -0.444 e. The molecule has 0 bridgehead atoms. The molecule has 0 aromatic carbocycles. The topological polar surface area (TPSA) is 59.5 Å². The third-order valence-corrected chi connectivity index (χ3v) is 2.77. The van der Waals surface area contributed by atoms with Crippen LogP contribution in [0, 0.1) is 0 Å². The first-order valence-corrected chi connectivity index (χ1v) is 6.30. The van der Waals surface area contributed by atoms with Crippen molar-refractivity contribution in [1.29, 1.82) is 0 Å². The van der Waals surface area contributed by atoms with Crippen molar-refractivity contribution in [3.05, 3.63) is 28.5 Å². The third kappa shape index (κ3) is 3.23. The number of carbonyl (C=O) groups is 2. The van der Waals surface area contributed by atoms with Crippen molar-refractivity contribution >= 4 is 23.5 Å². The average molecular weight is 283 g/mol. The van der Waals surface area contributed by atoms with Gasteiger partial charge >= 0.3 is 6.09 Å². The Kier molecular flexibility index (Phi) is 3.49. The number of carbonyl (C=O) groups excluding carboxylic acids is 2. The molecule has 1 aromatic rings. The van der Waals surface area contributed by atoms with Crippen LogP contribution < -0.4 is 0 Å². The summed E-state index contributed by atoms with van der Waals surface area (Å²) in [6.07, 6.45) is -0.499. The van der Waals surface area contributed by atoms with Crippen LogP contribution in [0.4, 0.5) is 4.79 Å². The van der Waals surface area contributed by atoms with E-state index < -0.39 is 11.7 Å². The average Bonchev–Trinajstić information content (AvgIpc) is 2.27. The molecule has 0 saturated carbocycles. The second-order valence-corrected chi connectivity index (χ2v) is 5.79. The fraction of sp³-hybridized carbons (Fsp3) is 0.462. The van der Waals surface area contributed by atoms with Gasteiger partial charge in [-0.3, -0.25) is 9.69 Å². The highest BCUT2D eigenvalue weighted by Gasteiger charge is 2.30. The molecule has 0 N–H and O–H groups in total. The number of amides is 1. The molecule has 19 heavy (non-hydrogen) atoms. The van der Waals surface area contributed by atoms with Gasteiger partial charge in [0, 0.05) is 5.56 Å². The van der Waals surface area contributed by atoms with Crippen LogP contribution in [0.3, 0.4) is 0 Å². The van der Waals surface area contributed by atoms with Gasteiger partial charge in [0.25, 0.3) is 0 Å². The van der Waals surface area contributed by atoms with Gasteiger partial charge in [-0.05, 0) is 26.8 Å². The highest BCUT2D eigenvalue weighted by Crippen LogP contribution is 2.21. The Balaban J connectivity index is 2.19. The van der Waals surface area contributed by atoms with Crippen LogP contribution in [0.2, 0.25) is 5.15 Å². The number of ketones is 1. The van der Waals surface area contributed by atoms with Crippen molar-refractivity contribution in [2.75, 3.05) is 6.54 Å². The molecule has 2 rings (SSSR count). The van der Waals surface area contributed by atoms with Crippen molar-refractivity contribution in [1.82, 2.24) is 9.88 Å². The molecule has 6 heteroatoms. The van der Waals surface area contributed by atoms with Crippen LogP contribution in [-0.4, -0.2) is 33.9 Å². The van der Waals surface area contributed by atoms with E-state index >= 15 is 0 Å². The standard InChI is InChI=1S/C13H15ClN2O3/c1-13(2,3)19-12(18)16-6-8-4-5-10(14)15-11(8)9(17)7-16/h4-5H,6-7H2,1-3H3. The van der Waals surface area contributed by atoms with Crippen molar-refractivity contribution in [2.24, 2.45) is 0 Å². The normalized spacial score (nSPS) is 15.2. The molecule has 1 aliphatic heterocycles. The second kappa shape index (κ2) is 4.81. The molecule has 1 aromatic heterocycles. The molecule has 1 amide bonds. The Morgan fingerprint density at radius 2 is 2.05 bits per heavy atom. The molecule has 0 saturated heterocycles. The molecule has 2 heterocycles. The van der Waals surface area contributed by atoms with E-state index in [0.717, 1.165) is 0 Å². The van der Waals surface area contributed by atoms with Crippen LogP contribution >= 0.6 is 11.6 Å². The zero-order chi connectivity index (χ0) is 14.2. The summed E-state index contributed by atoms with van der Waals surface area (Å²) in [4.78, 5) is 29.3. The summed E-state index contributed by atoms with van der Waals surface area (Å²) in [6.45, 7) is 5.62. The number of hydrogen-bond donors (Lipinski definition) is 0. The van der Waals surface area contributed by atoms with E-state index in [1.807, 2.05) is 0 Å². The van der Waals surface area contributed by atoms with Gasteiger partial charge in [-0.1, -0.05) is 17.7 Å². The van der Waals surface area contributed by atoms with E-state index in [2.05, 4.69) is 4.98 Å². The van der Waals surface area contributed by atoms with Crippen LogP contribution in [-0.2, 0) is 11.3 Å². The summed E-state index contributed by atoms with van der Waals surface area (Å²) >= 11 is 5.76. The SMILES string of the molecule is CC(C)(C)OC(=O)N1CC(=O)c2nc(Cl)ccc2C1. The molecule has 0 radical (unpaired) electrons. The molecular formula is C13H15ClN2O3. The number of aromatic nitrogens is 1. The zero-order valence-corrected chi connectivity index (χ0v) is 11.8. The monoisotopic (exact) mass is 282 g/mol. The molecule has 0 aliphatic carbocycles. The molecule has 5 nitrogen and oxygen atoms in total. The summed E-state index contributed by atoms with van der Waals surface area (Å²) in [5.74, 6) is -0.227. The molecule has 0 unspecified atom stereocenters. The Morgan fingerprint density at radius 3 is 2.68 bits per heavy atom. The van der Waals surface area contributed by atoms with Crippen LogP contribution in [0.1, 0.15) is 36.8 Å². The summed E-state index contributed by atoms with van der Waals surface area (Å²) < 4.78 is 5.25. The molecule has 1 aliphatic rings. The lowest BCUT2D eigenvalue weighted by Gasteiger charge is -2.30. The minimum absolute atomic E-state index is 0.0325. The van der Waals surface area contributed by atoms with Crippen LogP contribution in [0.15, 0.2) is 12.1 Å². The number of fused-ring (bicyclic) bond motifs is 1. The second-order valence-electron chi connectivity index (χ2n) is 5.40. The maximum atomic E-state index is 11.9. The third-order valence-electron chi connectivity index (χ3n) is 2.56. The lowest BCUT2D eigenvalue weighted by atomic mass is 10.1. The van der Waals surface area contributed by atoms with Gasteiger partial charge in [0.15, 0.2) is 0 Å². The van der Waals surface area contributed by atoms with E-state index in [4.69, 9.17) is 16.3 Å². The smallest absolute Gasteiger partial charge is 0.411 e. The fourth-order valence-corrected chi connectivity index (χ4v) is 1.95. The first-order chi connectivity index (χ1) is 8.76. The van der Waals surface area contributed by atoms with Crippen LogP contribution in [0.5, 0.6) is 0 Å². The van der Waals surface area contributed by atoms with Crippen LogP contribution in [0.25, 0.3) is 0 Å². The van der Waals surface area contributed by atoms with Crippen molar-refractivity contribution in [2.45, 2.75) is 32.9 Å². The van der Waals surface area contributed by atoms with E-state index in [0.29, 0.717) is 17.8 Å². The highest BCUT2D eigenvalue weighted by molar-refractivity contribution is 6.29. The van der Waals surface area contributed by atoms with E-state index in [1.165, 1.54) is 4.90 Å². The lowest BCUT2D eigenvalue weighted by Crippen LogP contribution is -2.42. The van der Waals surface area contributed by atoms with Crippen molar-refractivity contribution in [3.8, 4) is 0 Å².